The summed E-state index contributed by atoms with van der Waals surface area (Å²) >= 11 is 1.28. The van der Waals surface area contributed by atoms with Crippen LogP contribution in [0, 0.1) is 6.33 Å². The normalized spacial score (nSPS) is 10.0. The molecule has 0 bridgehead atoms. The molecule has 1 radical (unpaired) electrons. The highest BCUT2D eigenvalue weighted by Crippen LogP contribution is 2.06. The maximum atomic E-state index is 3.94. The Bertz CT molecular complexity index is 253. The third-order valence-corrected chi connectivity index (χ3v) is 1.42. The van der Waals surface area contributed by atoms with Crippen molar-refractivity contribution in [3.63, 3.8) is 0 Å². The molecule has 0 atom stereocenters. The number of hydrogen-bond acceptors (Lipinski definition) is 5. The molecular weight excluding hydrogens is 150 g/mol. The van der Waals surface area contributed by atoms with Crippen LogP contribution in [0.5, 0.6) is 0 Å². The molecule has 2 rings (SSSR count). The topological polar surface area (TPSA) is 67.3 Å². The Kier molecular flexibility index (Phi) is 1.17. The van der Waals surface area contributed by atoms with Crippen LogP contribution in [0.1, 0.15) is 0 Å². The van der Waals surface area contributed by atoms with Gasteiger partial charge < -0.3 is 0 Å². The average molecular weight is 152 g/mol. The predicted molar refractivity (Wildman–Crippen MR) is 34.1 cm³/mol. The Hall–Kier alpha value is -1.30. The molecule has 6 heteroatoms. The van der Waals surface area contributed by atoms with Crippen molar-refractivity contribution in [3.8, 4) is 11.6 Å². The fraction of sp³-hybridized carbons (Fsp3) is 0. The molecule has 0 fully saturated rings. The SMILES string of the molecule is [c]1n[nH]c(-c2ncsn2)n1. The van der Waals surface area contributed by atoms with Gasteiger partial charge in [0.15, 0.2) is 5.82 Å². The molecule has 0 aliphatic carbocycles. The lowest BCUT2D eigenvalue weighted by Crippen LogP contribution is -1.81. The average Bonchev–Trinajstić information content (AvgIpc) is 2.59. The van der Waals surface area contributed by atoms with Gasteiger partial charge in [-0.2, -0.15) is 4.37 Å². The maximum absolute atomic E-state index is 3.94. The fourth-order valence-corrected chi connectivity index (χ4v) is 0.980. The van der Waals surface area contributed by atoms with Crippen molar-refractivity contribution in [2.45, 2.75) is 0 Å². The van der Waals surface area contributed by atoms with Crippen molar-refractivity contribution < 1.29 is 0 Å². The molecule has 0 aliphatic heterocycles. The summed E-state index contributed by atoms with van der Waals surface area (Å²) in [6.07, 6.45) is 2.39. The zero-order valence-electron chi connectivity index (χ0n) is 4.77. The number of rotatable bonds is 1. The van der Waals surface area contributed by atoms with Gasteiger partial charge >= 0.3 is 0 Å². The van der Waals surface area contributed by atoms with E-state index in [0.29, 0.717) is 11.6 Å². The molecule has 2 aromatic rings. The molecule has 10 heavy (non-hydrogen) atoms. The lowest BCUT2D eigenvalue weighted by atomic mass is 10.6. The quantitative estimate of drug-likeness (QED) is 0.630. The molecule has 2 aromatic heterocycles. The summed E-state index contributed by atoms with van der Waals surface area (Å²) in [4.78, 5) is 7.66. The minimum Gasteiger partial charge on any atom is -0.256 e. The van der Waals surface area contributed by atoms with Crippen LogP contribution in [0.3, 0.4) is 0 Å². The van der Waals surface area contributed by atoms with E-state index in [2.05, 4.69) is 30.9 Å². The largest absolute Gasteiger partial charge is 0.256 e. The monoisotopic (exact) mass is 152 g/mol. The highest BCUT2D eigenvalue weighted by Gasteiger charge is 2.02. The first kappa shape index (κ1) is 5.48. The molecule has 2 heterocycles. The fourth-order valence-electron chi connectivity index (χ4n) is 0.553. The smallest absolute Gasteiger partial charge is 0.221 e. The second-order valence-electron chi connectivity index (χ2n) is 1.54. The Morgan fingerprint density at radius 3 is 3.20 bits per heavy atom. The van der Waals surface area contributed by atoms with E-state index in [0.717, 1.165) is 0 Å². The maximum Gasteiger partial charge on any atom is 0.221 e. The van der Waals surface area contributed by atoms with Crippen molar-refractivity contribution in [2.75, 3.05) is 0 Å². The summed E-state index contributed by atoms with van der Waals surface area (Å²) in [5.74, 6) is 1.13. The van der Waals surface area contributed by atoms with Gasteiger partial charge in [-0.25, -0.2) is 9.97 Å². The standard InChI is InChI=1S/C4H2N5S/c1-5-3(8-7-1)4-6-2-10-9-4/h2H,(H,5,7,8). The van der Waals surface area contributed by atoms with Gasteiger partial charge in [0.1, 0.15) is 5.51 Å². The van der Waals surface area contributed by atoms with Crippen LogP contribution < -0.4 is 0 Å². The summed E-state index contributed by atoms with van der Waals surface area (Å²) in [5, 5.41) is 6.15. The van der Waals surface area contributed by atoms with E-state index < -0.39 is 0 Å². The molecule has 0 spiro atoms. The van der Waals surface area contributed by atoms with Crippen LogP contribution in [0.15, 0.2) is 5.51 Å². The zero-order valence-corrected chi connectivity index (χ0v) is 5.59. The van der Waals surface area contributed by atoms with Crippen molar-refractivity contribution in [1.29, 1.82) is 0 Å². The number of hydrogen-bond donors (Lipinski definition) is 1. The predicted octanol–water partition coefficient (Wildman–Crippen LogP) is 0.123. The van der Waals surface area contributed by atoms with E-state index in [-0.39, 0.29) is 0 Å². The van der Waals surface area contributed by atoms with Crippen LogP contribution in [0.2, 0.25) is 0 Å². The van der Waals surface area contributed by atoms with Gasteiger partial charge in [-0.15, -0.1) is 5.10 Å². The van der Waals surface area contributed by atoms with E-state index >= 15 is 0 Å². The summed E-state index contributed by atoms with van der Waals surface area (Å²) in [7, 11) is 0. The van der Waals surface area contributed by atoms with Crippen LogP contribution in [-0.4, -0.2) is 24.5 Å². The Labute approximate surface area is 60.3 Å². The minimum atomic E-state index is 0.557. The number of nitrogens with zero attached hydrogens (tertiary/aromatic N) is 4. The van der Waals surface area contributed by atoms with E-state index in [1.54, 1.807) is 5.51 Å². The van der Waals surface area contributed by atoms with Gasteiger partial charge in [-0.1, -0.05) is 0 Å². The van der Waals surface area contributed by atoms with Gasteiger partial charge in [0, 0.05) is 0 Å². The molecular formula is C4H2N5S. The lowest BCUT2D eigenvalue weighted by molar-refractivity contribution is 1.08. The summed E-state index contributed by atoms with van der Waals surface area (Å²) in [5.41, 5.74) is 1.64. The lowest BCUT2D eigenvalue weighted by Gasteiger charge is -1.80. The van der Waals surface area contributed by atoms with Crippen LogP contribution in [0.4, 0.5) is 0 Å². The highest BCUT2D eigenvalue weighted by molar-refractivity contribution is 7.03. The third-order valence-electron chi connectivity index (χ3n) is 0.947. The number of H-pyrrole nitrogens is 1. The van der Waals surface area contributed by atoms with E-state index in [4.69, 9.17) is 0 Å². The van der Waals surface area contributed by atoms with Gasteiger partial charge in [0.05, 0.1) is 0 Å². The Morgan fingerprint density at radius 1 is 1.60 bits per heavy atom. The van der Waals surface area contributed by atoms with Crippen molar-refractivity contribution in [2.24, 2.45) is 0 Å². The molecule has 1 N–H and O–H groups in total. The molecule has 5 nitrogen and oxygen atoms in total. The van der Waals surface area contributed by atoms with E-state index in [1.807, 2.05) is 0 Å². The van der Waals surface area contributed by atoms with Crippen molar-refractivity contribution in [1.82, 2.24) is 24.5 Å². The second kappa shape index (κ2) is 2.14. The number of aromatic nitrogens is 5. The van der Waals surface area contributed by atoms with Gasteiger partial charge in [-0.3, -0.25) is 5.10 Å². The molecule has 0 saturated heterocycles. The van der Waals surface area contributed by atoms with Gasteiger partial charge in [0.25, 0.3) is 0 Å². The first-order valence-electron chi connectivity index (χ1n) is 2.52. The summed E-state index contributed by atoms with van der Waals surface area (Å²) < 4.78 is 3.94. The number of nitrogens with one attached hydrogen (secondary N) is 1. The highest BCUT2D eigenvalue weighted by atomic mass is 32.1. The second-order valence-corrected chi connectivity index (χ2v) is 2.14. The van der Waals surface area contributed by atoms with Gasteiger partial charge in [-0.05, 0) is 11.5 Å². The summed E-state index contributed by atoms with van der Waals surface area (Å²) in [6, 6.07) is 0. The van der Waals surface area contributed by atoms with Crippen LogP contribution in [-0.2, 0) is 0 Å². The zero-order chi connectivity index (χ0) is 6.81. The molecule has 0 aromatic carbocycles. The molecule has 0 unspecified atom stereocenters. The van der Waals surface area contributed by atoms with Crippen LogP contribution in [0.25, 0.3) is 11.6 Å². The van der Waals surface area contributed by atoms with E-state index in [1.165, 1.54) is 11.5 Å². The first-order valence-corrected chi connectivity index (χ1v) is 3.35. The molecule has 0 aliphatic rings. The first-order chi connectivity index (χ1) is 4.97. The summed E-state index contributed by atoms with van der Waals surface area (Å²) in [6.45, 7) is 0. The molecule has 0 amide bonds. The minimum absolute atomic E-state index is 0.557. The third kappa shape index (κ3) is 0.781. The van der Waals surface area contributed by atoms with E-state index in [9.17, 15) is 0 Å². The van der Waals surface area contributed by atoms with Crippen LogP contribution >= 0.6 is 11.5 Å². The Morgan fingerprint density at radius 2 is 2.60 bits per heavy atom. The van der Waals surface area contributed by atoms with Crippen molar-refractivity contribution >= 4 is 11.5 Å². The molecule has 49 valence electrons. The Balaban J connectivity index is 2.48. The van der Waals surface area contributed by atoms with Gasteiger partial charge in [0.2, 0.25) is 12.2 Å². The van der Waals surface area contributed by atoms with Crippen molar-refractivity contribution in [3.05, 3.63) is 11.8 Å². The number of aromatic amines is 1. The molecule has 0 saturated carbocycles.